The van der Waals surface area contributed by atoms with Gasteiger partial charge in [-0.15, -0.1) is 0 Å². The van der Waals surface area contributed by atoms with Crippen molar-refractivity contribution in [2.24, 2.45) is 0 Å². The molecule has 1 saturated heterocycles. The predicted molar refractivity (Wildman–Crippen MR) is 107 cm³/mol. The van der Waals surface area contributed by atoms with Gasteiger partial charge in [0.25, 0.3) is 11.8 Å². The molecule has 9 heteroatoms. The highest BCUT2D eigenvalue weighted by atomic mass is 32.1. The van der Waals surface area contributed by atoms with Gasteiger partial charge in [-0.05, 0) is 54.0 Å². The number of aromatic hydroxyl groups is 1. The van der Waals surface area contributed by atoms with Crippen molar-refractivity contribution in [3.63, 3.8) is 0 Å². The van der Waals surface area contributed by atoms with E-state index in [-0.39, 0.29) is 16.2 Å². The lowest BCUT2D eigenvalue weighted by atomic mass is 10.1. The molecule has 2 N–H and O–H groups in total. The number of nitrogens with one attached hydrogen (secondary N) is 1. The third-order valence-electron chi connectivity index (χ3n) is 4.21. The summed E-state index contributed by atoms with van der Waals surface area (Å²) in [6, 6.07) is 10.7. The molecule has 0 spiro atoms. The van der Waals surface area contributed by atoms with Gasteiger partial charge in [0.15, 0.2) is 10.9 Å². The number of phenols is 1. The van der Waals surface area contributed by atoms with Crippen LogP contribution in [0.2, 0.25) is 0 Å². The molecule has 1 fully saturated rings. The molecule has 0 atom stereocenters. The molecule has 1 heterocycles. The van der Waals surface area contributed by atoms with Gasteiger partial charge in [0.2, 0.25) is 0 Å². The number of amides is 2. The van der Waals surface area contributed by atoms with Crippen LogP contribution >= 0.6 is 12.2 Å². The van der Waals surface area contributed by atoms with Crippen LogP contribution in [0, 0.1) is 10.1 Å². The first-order valence-electron chi connectivity index (χ1n) is 8.29. The molecule has 28 heavy (non-hydrogen) atoms. The highest BCUT2D eigenvalue weighted by molar-refractivity contribution is 7.80. The number of rotatable bonds is 4. The molecule has 1 aliphatic heterocycles. The van der Waals surface area contributed by atoms with E-state index in [0.717, 1.165) is 24.1 Å². The Hall–Kier alpha value is -3.59. The minimum atomic E-state index is -0.753. The second-order valence-electron chi connectivity index (χ2n) is 5.98. The van der Waals surface area contributed by atoms with Crippen LogP contribution in [0.25, 0.3) is 6.08 Å². The van der Waals surface area contributed by atoms with Crippen LogP contribution in [0.15, 0.2) is 48.0 Å². The first-order chi connectivity index (χ1) is 13.3. The Bertz CT molecular complexity index is 1030. The molecule has 2 aromatic carbocycles. The minimum Gasteiger partial charge on any atom is -0.502 e. The van der Waals surface area contributed by atoms with Crippen molar-refractivity contribution in [2.45, 2.75) is 13.3 Å². The Morgan fingerprint density at radius 3 is 2.50 bits per heavy atom. The van der Waals surface area contributed by atoms with Gasteiger partial charge in [-0.25, -0.2) is 0 Å². The van der Waals surface area contributed by atoms with Gasteiger partial charge in [-0.2, -0.15) is 0 Å². The van der Waals surface area contributed by atoms with Gasteiger partial charge in [-0.3, -0.25) is 29.9 Å². The molecule has 0 aromatic heterocycles. The van der Waals surface area contributed by atoms with Crippen molar-refractivity contribution in [1.29, 1.82) is 0 Å². The lowest BCUT2D eigenvalue weighted by molar-refractivity contribution is -0.385. The summed E-state index contributed by atoms with van der Waals surface area (Å²) in [5.74, 6) is -1.86. The van der Waals surface area contributed by atoms with Gasteiger partial charge < -0.3 is 5.11 Å². The topological polar surface area (TPSA) is 113 Å². The van der Waals surface area contributed by atoms with E-state index in [1.165, 1.54) is 17.0 Å². The summed E-state index contributed by atoms with van der Waals surface area (Å²) in [4.78, 5) is 36.6. The first kappa shape index (κ1) is 19.2. The van der Waals surface area contributed by atoms with Crippen LogP contribution in [0.3, 0.4) is 0 Å². The largest absolute Gasteiger partial charge is 0.502 e. The fraction of sp³-hybridized carbons (Fsp3) is 0.105. The summed E-state index contributed by atoms with van der Waals surface area (Å²) in [7, 11) is 0. The van der Waals surface area contributed by atoms with Crippen LogP contribution in [-0.2, 0) is 16.0 Å². The summed E-state index contributed by atoms with van der Waals surface area (Å²) in [6.07, 6.45) is 2.06. The molecule has 0 aliphatic carbocycles. The number of carbonyl (C=O) groups is 2. The van der Waals surface area contributed by atoms with Gasteiger partial charge in [-0.1, -0.05) is 25.1 Å². The third kappa shape index (κ3) is 3.60. The predicted octanol–water partition coefficient (Wildman–Crippen LogP) is 2.69. The molecular weight excluding hydrogens is 382 g/mol. The molecule has 0 saturated carbocycles. The number of nitro benzene ring substituents is 1. The summed E-state index contributed by atoms with van der Waals surface area (Å²) in [5.41, 5.74) is 1.04. The summed E-state index contributed by atoms with van der Waals surface area (Å²) in [6.45, 7) is 2.00. The fourth-order valence-electron chi connectivity index (χ4n) is 2.72. The molecule has 8 nitrogen and oxygen atoms in total. The standard InChI is InChI=1S/C19H15N3O5S/c1-2-11-3-6-13(7-4-11)21-18(25)14(17(24)20-19(21)28)9-12-5-8-16(23)15(10-12)22(26)27/h3-10,23H,2H2,1H3,(H,20,24,28)/b14-9+. The SMILES string of the molecule is CCc1ccc(N2C(=O)/C(=C/c3ccc(O)c([N+](=O)[O-])c3)C(=O)NC2=S)cc1. The Labute approximate surface area is 165 Å². The monoisotopic (exact) mass is 397 g/mol. The molecule has 1 aliphatic rings. The fourth-order valence-corrected chi connectivity index (χ4v) is 3.00. The van der Waals surface area contributed by atoms with Crippen molar-refractivity contribution >= 4 is 46.6 Å². The van der Waals surface area contributed by atoms with E-state index in [9.17, 15) is 24.8 Å². The zero-order chi connectivity index (χ0) is 20.4. The van der Waals surface area contributed by atoms with Crippen molar-refractivity contribution in [2.75, 3.05) is 4.90 Å². The molecule has 0 bridgehead atoms. The van der Waals surface area contributed by atoms with Crippen LogP contribution in [0.5, 0.6) is 5.75 Å². The molecule has 0 radical (unpaired) electrons. The zero-order valence-electron chi connectivity index (χ0n) is 14.7. The average molecular weight is 397 g/mol. The Balaban J connectivity index is 2.01. The van der Waals surface area contributed by atoms with Gasteiger partial charge in [0, 0.05) is 6.07 Å². The van der Waals surface area contributed by atoms with E-state index in [2.05, 4.69) is 5.32 Å². The third-order valence-corrected chi connectivity index (χ3v) is 4.50. The smallest absolute Gasteiger partial charge is 0.311 e. The van der Waals surface area contributed by atoms with Crippen molar-refractivity contribution in [1.82, 2.24) is 5.32 Å². The number of hydrogen-bond donors (Lipinski definition) is 2. The number of aryl methyl sites for hydroxylation is 1. The Morgan fingerprint density at radius 1 is 1.21 bits per heavy atom. The van der Waals surface area contributed by atoms with Gasteiger partial charge in [0.05, 0.1) is 10.6 Å². The van der Waals surface area contributed by atoms with Crippen LogP contribution < -0.4 is 10.2 Å². The van der Waals surface area contributed by atoms with Crippen LogP contribution in [0.4, 0.5) is 11.4 Å². The number of thiocarbonyl (C=S) groups is 1. The highest BCUT2D eigenvalue weighted by Gasteiger charge is 2.34. The van der Waals surface area contributed by atoms with Crippen LogP contribution in [-0.4, -0.2) is 27.0 Å². The molecule has 0 unspecified atom stereocenters. The summed E-state index contributed by atoms with van der Waals surface area (Å²) < 4.78 is 0. The van der Waals surface area contributed by atoms with Gasteiger partial charge >= 0.3 is 5.69 Å². The number of hydrogen-bond acceptors (Lipinski definition) is 6. The molecule has 142 valence electrons. The Morgan fingerprint density at radius 2 is 1.89 bits per heavy atom. The van der Waals surface area contributed by atoms with E-state index in [1.807, 2.05) is 19.1 Å². The lowest BCUT2D eigenvalue weighted by Gasteiger charge is -2.29. The average Bonchev–Trinajstić information content (AvgIpc) is 2.66. The second-order valence-corrected chi connectivity index (χ2v) is 6.37. The van der Waals surface area contributed by atoms with Crippen molar-refractivity contribution in [3.05, 3.63) is 69.3 Å². The maximum Gasteiger partial charge on any atom is 0.311 e. The molecule has 2 amide bonds. The number of phenolic OH excluding ortho intramolecular Hbond substituents is 1. The van der Waals surface area contributed by atoms with Gasteiger partial charge in [0.1, 0.15) is 5.57 Å². The summed E-state index contributed by atoms with van der Waals surface area (Å²) in [5, 5.41) is 22.9. The molecule has 3 rings (SSSR count). The number of nitrogens with zero attached hydrogens (tertiary/aromatic N) is 2. The quantitative estimate of drug-likeness (QED) is 0.270. The minimum absolute atomic E-state index is 0.0481. The Kier molecular flexibility index (Phi) is 5.18. The molecular formula is C19H15N3O5S. The van der Waals surface area contributed by atoms with E-state index in [4.69, 9.17) is 12.2 Å². The van der Waals surface area contributed by atoms with Crippen molar-refractivity contribution < 1.29 is 19.6 Å². The number of nitro groups is 1. The van der Waals surface area contributed by atoms with E-state index >= 15 is 0 Å². The van der Waals surface area contributed by atoms with E-state index in [0.29, 0.717) is 5.69 Å². The number of anilines is 1. The number of benzene rings is 2. The molecule has 2 aromatic rings. The maximum atomic E-state index is 12.9. The number of carbonyl (C=O) groups excluding carboxylic acids is 2. The highest BCUT2D eigenvalue weighted by Crippen LogP contribution is 2.28. The lowest BCUT2D eigenvalue weighted by Crippen LogP contribution is -2.54. The van der Waals surface area contributed by atoms with E-state index in [1.54, 1.807) is 12.1 Å². The van der Waals surface area contributed by atoms with E-state index < -0.39 is 28.2 Å². The normalized spacial score (nSPS) is 15.7. The van der Waals surface area contributed by atoms with Crippen molar-refractivity contribution in [3.8, 4) is 5.75 Å². The first-order valence-corrected chi connectivity index (χ1v) is 8.70. The summed E-state index contributed by atoms with van der Waals surface area (Å²) >= 11 is 5.14. The maximum absolute atomic E-state index is 12.9. The second kappa shape index (κ2) is 7.57. The van der Waals surface area contributed by atoms with Crippen LogP contribution in [0.1, 0.15) is 18.1 Å². The zero-order valence-corrected chi connectivity index (χ0v) is 15.5.